The van der Waals surface area contributed by atoms with Gasteiger partial charge < -0.3 is 9.84 Å². The van der Waals surface area contributed by atoms with Crippen LogP contribution in [0.5, 0.6) is 5.75 Å². The first-order valence-electron chi connectivity index (χ1n) is 7.08. The fraction of sp³-hybridized carbons (Fsp3) is 0.438. The molecule has 0 saturated heterocycles. The van der Waals surface area contributed by atoms with Crippen LogP contribution in [0.25, 0.3) is 10.9 Å². The molecule has 1 heterocycles. The second kappa shape index (κ2) is 5.75. The van der Waals surface area contributed by atoms with Crippen LogP contribution in [0.3, 0.4) is 0 Å². The van der Waals surface area contributed by atoms with Gasteiger partial charge in [-0.25, -0.2) is 4.39 Å². The minimum absolute atomic E-state index is 0.145. The van der Waals surface area contributed by atoms with Gasteiger partial charge in [0.2, 0.25) is 0 Å². The lowest BCUT2D eigenvalue weighted by Crippen LogP contribution is -2.25. The van der Waals surface area contributed by atoms with Crippen LogP contribution < -0.4 is 4.74 Å². The van der Waals surface area contributed by atoms with E-state index >= 15 is 0 Å². The van der Waals surface area contributed by atoms with Crippen LogP contribution >= 0.6 is 0 Å². The van der Waals surface area contributed by atoms with E-state index in [0.717, 1.165) is 36.6 Å². The van der Waals surface area contributed by atoms with Crippen molar-refractivity contribution in [1.29, 1.82) is 0 Å². The van der Waals surface area contributed by atoms with E-state index in [9.17, 15) is 4.39 Å². The fourth-order valence-corrected chi connectivity index (χ4v) is 2.81. The number of hydrogen-bond acceptors (Lipinski definition) is 3. The summed E-state index contributed by atoms with van der Waals surface area (Å²) in [7, 11) is 0. The Kier molecular flexibility index (Phi) is 3.83. The highest BCUT2D eigenvalue weighted by atomic mass is 19.1. The van der Waals surface area contributed by atoms with E-state index in [4.69, 9.17) is 9.84 Å². The molecule has 1 aliphatic carbocycles. The second-order valence-corrected chi connectivity index (χ2v) is 5.41. The topological polar surface area (TPSA) is 42.4 Å². The first kappa shape index (κ1) is 13.3. The number of nitrogens with zero attached hydrogens (tertiary/aromatic N) is 1. The number of ether oxygens (including phenoxy) is 1. The third-order valence-corrected chi connectivity index (χ3v) is 4.01. The van der Waals surface area contributed by atoms with E-state index in [1.54, 1.807) is 18.3 Å². The summed E-state index contributed by atoms with van der Waals surface area (Å²) in [5, 5.41) is 9.87. The van der Waals surface area contributed by atoms with Gasteiger partial charge >= 0.3 is 0 Å². The Morgan fingerprint density at radius 3 is 2.75 bits per heavy atom. The third-order valence-electron chi connectivity index (χ3n) is 4.01. The molecule has 0 atom stereocenters. The smallest absolute Gasteiger partial charge is 0.130 e. The van der Waals surface area contributed by atoms with Crippen molar-refractivity contribution < 1.29 is 14.2 Å². The molecule has 1 saturated carbocycles. The molecule has 1 aromatic carbocycles. The lowest BCUT2D eigenvalue weighted by molar-refractivity contribution is 0.105. The van der Waals surface area contributed by atoms with Crippen LogP contribution in [0.4, 0.5) is 4.39 Å². The maximum atomic E-state index is 13.4. The van der Waals surface area contributed by atoms with Crippen LogP contribution in [0.1, 0.15) is 25.7 Å². The van der Waals surface area contributed by atoms with Gasteiger partial charge in [-0.2, -0.15) is 0 Å². The van der Waals surface area contributed by atoms with Gasteiger partial charge in [-0.1, -0.05) is 0 Å². The predicted octanol–water partition coefficient (Wildman–Crippen LogP) is 3.30. The van der Waals surface area contributed by atoms with Crippen molar-refractivity contribution in [1.82, 2.24) is 4.98 Å². The number of aromatic nitrogens is 1. The molecule has 4 heteroatoms. The molecule has 20 heavy (non-hydrogen) atoms. The standard InChI is InChI=1S/C16H18FNO2/c17-12-3-6-15-14(9-12)16(7-8-18-15)20-13-4-1-11(10-19)2-5-13/h3,6-9,11,13,19H,1-2,4-5,10H2. The quantitative estimate of drug-likeness (QED) is 0.934. The van der Waals surface area contributed by atoms with Gasteiger partial charge in [0, 0.05) is 18.2 Å². The molecule has 0 aliphatic heterocycles. The van der Waals surface area contributed by atoms with Crippen molar-refractivity contribution in [2.45, 2.75) is 31.8 Å². The average molecular weight is 275 g/mol. The summed E-state index contributed by atoms with van der Waals surface area (Å²) in [6.07, 6.45) is 5.67. The number of rotatable bonds is 3. The number of hydrogen-bond donors (Lipinski definition) is 1. The molecule has 3 nitrogen and oxygen atoms in total. The fourth-order valence-electron chi connectivity index (χ4n) is 2.81. The Hall–Kier alpha value is -1.68. The van der Waals surface area contributed by atoms with E-state index in [1.165, 1.54) is 12.1 Å². The SMILES string of the molecule is OCC1CCC(Oc2ccnc3ccc(F)cc23)CC1. The van der Waals surface area contributed by atoms with Gasteiger partial charge in [0.15, 0.2) is 0 Å². The average Bonchev–Trinajstić information content (AvgIpc) is 2.49. The van der Waals surface area contributed by atoms with Crippen LogP contribution in [-0.4, -0.2) is 22.8 Å². The number of benzene rings is 1. The number of aliphatic hydroxyl groups is 1. The molecule has 1 aliphatic rings. The van der Waals surface area contributed by atoms with Gasteiger partial charge in [0.1, 0.15) is 11.6 Å². The van der Waals surface area contributed by atoms with E-state index in [0.29, 0.717) is 11.7 Å². The zero-order valence-electron chi connectivity index (χ0n) is 11.3. The second-order valence-electron chi connectivity index (χ2n) is 5.41. The lowest BCUT2D eigenvalue weighted by atomic mass is 9.88. The zero-order valence-corrected chi connectivity index (χ0v) is 11.3. The van der Waals surface area contributed by atoms with Crippen molar-refractivity contribution in [2.75, 3.05) is 6.61 Å². The molecule has 3 rings (SSSR count). The largest absolute Gasteiger partial charge is 0.490 e. The van der Waals surface area contributed by atoms with Crippen LogP contribution in [0, 0.1) is 11.7 Å². The number of fused-ring (bicyclic) bond motifs is 1. The van der Waals surface area contributed by atoms with E-state index < -0.39 is 0 Å². The van der Waals surface area contributed by atoms with Gasteiger partial charge in [0.05, 0.1) is 11.6 Å². The molecule has 0 amide bonds. The van der Waals surface area contributed by atoms with Gasteiger partial charge in [0.25, 0.3) is 0 Å². The first-order chi connectivity index (χ1) is 9.76. The number of aliphatic hydroxyl groups excluding tert-OH is 1. The van der Waals surface area contributed by atoms with Gasteiger partial charge in [-0.15, -0.1) is 0 Å². The van der Waals surface area contributed by atoms with E-state index in [2.05, 4.69) is 4.98 Å². The Balaban J connectivity index is 1.79. The third kappa shape index (κ3) is 2.75. The summed E-state index contributed by atoms with van der Waals surface area (Å²) in [5.74, 6) is 0.822. The lowest BCUT2D eigenvalue weighted by Gasteiger charge is -2.28. The molecule has 0 bridgehead atoms. The monoisotopic (exact) mass is 275 g/mol. The Morgan fingerprint density at radius 2 is 2.00 bits per heavy atom. The summed E-state index contributed by atoms with van der Waals surface area (Å²) in [4.78, 5) is 4.22. The molecular weight excluding hydrogens is 257 g/mol. The van der Waals surface area contributed by atoms with Crippen molar-refractivity contribution in [3.63, 3.8) is 0 Å². The minimum atomic E-state index is -0.278. The first-order valence-corrected chi connectivity index (χ1v) is 7.08. The molecule has 1 N–H and O–H groups in total. The highest BCUT2D eigenvalue weighted by Gasteiger charge is 2.22. The number of halogens is 1. The van der Waals surface area contributed by atoms with Crippen molar-refractivity contribution in [2.24, 2.45) is 5.92 Å². The van der Waals surface area contributed by atoms with Gasteiger partial charge in [-0.05, 0) is 55.9 Å². The highest BCUT2D eigenvalue weighted by molar-refractivity contribution is 5.84. The molecule has 2 aromatic rings. The Morgan fingerprint density at radius 1 is 1.20 bits per heavy atom. The summed E-state index contributed by atoms with van der Waals surface area (Å²) in [5.41, 5.74) is 0.743. The molecule has 1 aromatic heterocycles. The predicted molar refractivity (Wildman–Crippen MR) is 75.2 cm³/mol. The molecule has 106 valence electrons. The maximum absolute atomic E-state index is 13.4. The normalized spacial score (nSPS) is 22.9. The van der Waals surface area contributed by atoms with Gasteiger partial charge in [-0.3, -0.25) is 4.98 Å². The zero-order chi connectivity index (χ0) is 13.9. The van der Waals surface area contributed by atoms with E-state index in [1.807, 2.05) is 0 Å². The molecular formula is C16H18FNO2. The molecule has 0 spiro atoms. The number of pyridine rings is 1. The van der Waals surface area contributed by atoms with Crippen molar-refractivity contribution >= 4 is 10.9 Å². The molecule has 1 fully saturated rings. The van der Waals surface area contributed by atoms with Crippen LogP contribution in [0.2, 0.25) is 0 Å². The summed E-state index contributed by atoms with van der Waals surface area (Å²) in [6, 6.07) is 6.34. The Bertz CT molecular complexity index is 594. The highest BCUT2D eigenvalue weighted by Crippen LogP contribution is 2.30. The Labute approximate surface area is 117 Å². The van der Waals surface area contributed by atoms with Crippen LogP contribution in [0.15, 0.2) is 30.5 Å². The molecule has 0 unspecified atom stereocenters. The minimum Gasteiger partial charge on any atom is -0.490 e. The van der Waals surface area contributed by atoms with Crippen LogP contribution in [-0.2, 0) is 0 Å². The van der Waals surface area contributed by atoms with E-state index in [-0.39, 0.29) is 18.5 Å². The van der Waals surface area contributed by atoms with Crippen molar-refractivity contribution in [3.05, 3.63) is 36.3 Å². The molecule has 0 radical (unpaired) electrons. The summed E-state index contributed by atoms with van der Waals surface area (Å²) >= 11 is 0. The maximum Gasteiger partial charge on any atom is 0.130 e. The summed E-state index contributed by atoms with van der Waals surface area (Å²) in [6.45, 7) is 0.260. The van der Waals surface area contributed by atoms with Crippen molar-refractivity contribution in [3.8, 4) is 5.75 Å². The summed E-state index contributed by atoms with van der Waals surface area (Å²) < 4.78 is 19.4.